The molecule has 0 fully saturated rings. The molecule has 1 unspecified atom stereocenters. The Morgan fingerprint density at radius 3 is 2.08 bits per heavy atom. The number of fused-ring (bicyclic) bond motifs is 7. The summed E-state index contributed by atoms with van der Waals surface area (Å²) in [6, 6.07) is 16.4. The fraction of sp³-hybridized carbons (Fsp3) is 0.103. The highest BCUT2D eigenvalue weighted by atomic mass is 19.1. The van der Waals surface area contributed by atoms with Gasteiger partial charge in [-0.05, 0) is 64.2 Å². The first-order chi connectivity index (χ1) is 17.7. The number of carbonyl (C=O) groups excluding carboxylic acids is 1. The number of nitrogen functional groups attached to an aromatic ring is 1. The molecule has 0 heterocycles. The topological polar surface area (TPSA) is 79.0 Å². The Hall–Kier alpha value is -4.46. The summed E-state index contributed by atoms with van der Waals surface area (Å²) in [5.74, 6) is -3.74. The average Bonchev–Trinajstić information content (AvgIpc) is 2.83. The first-order valence-electron chi connectivity index (χ1n) is 11.6. The number of benzene rings is 4. The fourth-order valence-electron chi connectivity index (χ4n) is 5.35. The molecule has 0 saturated carbocycles. The minimum Gasteiger partial charge on any atom is -0.384 e. The maximum Gasteiger partial charge on any atom is 0.251 e. The van der Waals surface area contributed by atoms with Crippen molar-refractivity contribution in [3.05, 3.63) is 129 Å². The van der Waals surface area contributed by atoms with Gasteiger partial charge < -0.3 is 11.1 Å². The molecule has 0 aromatic heterocycles. The fourth-order valence-corrected chi connectivity index (χ4v) is 5.35. The van der Waals surface area contributed by atoms with Gasteiger partial charge in [-0.15, -0.1) is 0 Å². The van der Waals surface area contributed by atoms with E-state index >= 15 is 0 Å². The second kappa shape index (κ2) is 8.30. The van der Waals surface area contributed by atoms with Crippen LogP contribution in [0.2, 0.25) is 0 Å². The van der Waals surface area contributed by atoms with E-state index in [2.05, 4.69) is 5.32 Å². The maximum atomic E-state index is 14.3. The lowest BCUT2D eigenvalue weighted by Gasteiger charge is -2.50. The van der Waals surface area contributed by atoms with E-state index in [-0.39, 0.29) is 29.5 Å². The Kier molecular flexibility index (Phi) is 5.15. The second-order valence-electron chi connectivity index (χ2n) is 9.28. The van der Waals surface area contributed by atoms with E-state index in [4.69, 9.17) is 11.1 Å². The third-order valence-corrected chi connectivity index (χ3v) is 7.23. The van der Waals surface area contributed by atoms with Gasteiger partial charge in [0.25, 0.3) is 5.91 Å². The monoisotopic (exact) mass is 501 g/mol. The number of carbonyl (C=O) groups is 1. The molecule has 2 aliphatic carbocycles. The highest BCUT2D eigenvalue weighted by Gasteiger charge is 2.49. The SMILES string of the molecule is N=C(N)c1cc(F)c(CNC(=O)c2ccc3c(c2)C2c4cc(-c5ccc(F)cc5F)ccc4[C@@H]32)c(F)c1. The first-order valence-corrected chi connectivity index (χ1v) is 11.6. The first kappa shape index (κ1) is 23.0. The third-order valence-electron chi connectivity index (χ3n) is 7.23. The summed E-state index contributed by atoms with van der Waals surface area (Å²) < 4.78 is 56.2. The Balaban J connectivity index is 1.21. The summed E-state index contributed by atoms with van der Waals surface area (Å²) >= 11 is 0. The predicted molar refractivity (Wildman–Crippen MR) is 130 cm³/mol. The summed E-state index contributed by atoms with van der Waals surface area (Å²) in [6.45, 7) is -0.368. The molecule has 184 valence electrons. The molecule has 2 atom stereocenters. The molecule has 1 amide bonds. The van der Waals surface area contributed by atoms with Crippen molar-refractivity contribution in [3.8, 4) is 11.1 Å². The van der Waals surface area contributed by atoms with E-state index in [1.54, 1.807) is 12.1 Å². The Labute approximate surface area is 209 Å². The lowest BCUT2D eigenvalue weighted by Crippen LogP contribution is -2.36. The van der Waals surface area contributed by atoms with E-state index in [0.29, 0.717) is 16.7 Å². The molecule has 4 nitrogen and oxygen atoms in total. The Morgan fingerprint density at radius 1 is 0.757 bits per heavy atom. The van der Waals surface area contributed by atoms with Crippen LogP contribution < -0.4 is 11.1 Å². The van der Waals surface area contributed by atoms with E-state index in [0.717, 1.165) is 40.5 Å². The molecule has 4 aromatic carbocycles. The number of halogens is 4. The number of amides is 1. The van der Waals surface area contributed by atoms with Crippen molar-refractivity contribution >= 4 is 11.7 Å². The zero-order chi connectivity index (χ0) is 26.0. The molecule has 37 heavy (non-hydrogen) atoms. The van der Waals surface area contributed by atoms with Gasteiger partial charge in [-0.2, -0.15) is 0 Å². The normalized spacial score (nSPS) is 16.5. The molecule has 8 heteroatoms. The molecule has 2 aliphatic rings. The van der Waals surface area contributed by atoms with Crippen LogP contribution in [-0.2, 0) is 6.54 Å². The van der Waals surface area contributed by atoms with Crippen LogP contribution >= 0.6 is 0 Å². The number of amidine groups is 1. The number of nitrogens with one attached hydrogen (secondary N) is 2. The van der Waals surface area contributed by atoms with E-state index < -0.39 is 35.0 Å². The van der Waals surface area contributed by atoms with Crippen LogP contribution in [0.1, 0.15) is 55.6 Å². The van der Waals surface area contributed by atoms with E-state index in [9.17, 15) is 22.4 Å². The van der Waals surface area contributed by atoms with Gasteiger partial charge in [0.2, 0.25) is 0 Å². The third kappa shape index (κ3) is 3.59. The Morgan fingerprint density at radius 2 is 1.41 bits per heavy atom. The molecule has 0 bridgehead atoms. The van der Waals surface area contributed by atoms with Crippen molar-refractivity contribution < 1.29 is 22.4 Å². The van der Waals surface area contributed by atoms with Gasteiger partial charge in [-0.3, -0.25) is 10.2 Å². The van der Waals surface area contributed by atoms with Crippen LogP contribution in [0.3, 0.4) is 0 Å². The van der Waals surface area contributed by atoms with Gasteiger partial charge >= 0.3 is 0 Å². The molecule has 4 aromatic rings. The van der Waals surface area contributed by atoms with Crippen LogP contribution in [-0.4, -0.2) is 11.7 Å². The lowest BCUT2D eigenvalue weighted by molar-refractivity contribution is 0.0950. The molecular weight excluding hydrogens is 482 g/mol. The summed E-state index contributed by atoms with van der Waals surface area (Å²) in [5, 5.41) is 9.87. The molecule has 0 spiro atoms. The van der Waals surface area contributed by atoms with Gasteiger partial charge in [0.15, 0.2) is 0 Å². The van der Waals surface area contributed by atoms with Crippen LogP contribution in [0, 0.1) is 28.7 Å². The van der Waals surface area contributed by atoms with Gasteiger partial charge in [-0.1, -0.05) is 24.3 Å². The van der Waals surface area contributed by atoms with Crippen molar-refractivity contribution in [1.82, 2.24) is 5.32 Å². The smallest absolute Gasteiger partial charge is 0.251 e. The summed E-state index contributed by atoms with van der Waals surface area (Å²) in [7, 11) is 0. The van der Waals surface area contributed by atoms with Gasteiger partial charge in [0.1, 0.15) is 29.1 Å². The van der Waals surface area contributed by atoms with Gasteiger partial charge in [0.05, 0.1) is 0 Å². The molecule has 6 rings (SSSR count). The number of hydrogen-bond donors (Lipinski definition) is 3. The average molecular weight is 501 g/mol. The Bertz CT molecular complexity index is 1630. The van der Waals surface area contributed by atoms with E-state index in [1.807, 2.05) is 24.3 Å². The van der Waals surface area contributed by atoms with Crippen LogP contribution in [0.4, 0.5) is 17.6 Å². The number of hydrogen-bond acceptors (Lipinski definition) is 2. The van der Waals surface area contributed by atoms with Crippen molar-refractivity contribution in [3.63, 3.8) is 0 Å². The summed E-state index contributed by atoms with van der Waals surface area (Å²) in [4.78, 5) is 12.8. The minimum absolute atomic E-state index is 0.0650. The maximum absolute atomic E-state index is 14.3. The quantitative estimate of drug-likeness (QED) is 0.186. The van der Waals surface area contributed by atoms with Gasteiger partial charge in [0, 0.05) is 46.7 Å². The van der Waals surface area contributed by atoms with Crippen LogP contribution in [0.15, 0.2) is 66.7 Å². The predicted octanol–water partition coefficient (Wildman–Crippen LogP) is 5.71. The van der Waals surface area contributed by atoms with Crippen molar-refractivity contribution in [2.24, 2.45) is 5.73 Å². The van der Waals surface area contributed by atoms with Crippen molar-refractivity contribution in [2.45, 2.75) is 18.4 Å². The second-order valence-corrected chi connectivity index (χ2v) is 9.28. The highest BCUT2D eigenvalue weighted by molar-refractivity contribution is 5.96. The number of rotatable bonds is 5. The summed E-state index contributed by atoms with van der Waals surface area (Å²) in [5.41, 5.74) is 10.5. The standard InChI is InChI=1S/C29H19F4N3O/c30-16-3-6-17(25(33)11-16)13-1-4-18-20(7-13)27-21-8-14(2-5-19(21)26(18)27)29(37)36-12-22-23(31)9-15(28(34)35)10-24(22)32/h1-11,26-27H,12H2,(H3,34,35)(H,36,37)/t26-,27?/m0/s1. The number of nitrogens with two attached hydrogens (primary N) is 1. The van der Waals surface area contributed by atoms with Crippen LogP contribution in [0.25, 0.3) is 11.1 Å². The zero-order valence-electron chi connectivity index (χ0n) is 19.2. The van der Waals surface area contributed by atoms with Crippen molar-refractivity contribution in [1.29, 1.82) is 5.41 Å². The highest BCUT2D eigenvalue weighted by Crippen LogP contribution is 2.63. The van der Waals surface area contributed by atoms with E-state index in [1.165, 1.54) is 12.1 Å². The van der Waals surface area contributed by atoms with Crippen molar-refractivity contribution in [2.75, 3.05) is 0 Å². The summed E-state index contributed by atoms with van der Waals surface area (Å²) in [6.07, 6.45) is 0. The molecule has 0 aliphatic heterocycles. The molecular formula is C29H19F4N3O. The minimum atomic E-state index is -0.898. The molecule has 0 radical (unpaired) electrons. The molecule has 0 saturated heterocycles. The lowest BCUT2D eigenvalue weighted by atomic mass is 9.52. The molecule has 4 N–H and O–H groups in total. The largest absolute Gasteiger partial charge is 0.384 e. The van der Waals surface area contributed by atoms with Gasteiger partial charge in [-0.25, -0.2) is 17.6 Å². The zero-order valence-corrected chi connectivity index (χ0v) is 19.2. The van der Waals surface area contributed by atoms with Crippen LogP contribution in [0.5, 0.6) is 0 Å².